The number of carboxylic acids is 1. The van der Waals surface area contributed by atoms with Gasteiger partial charge in [0.25, 0.3) is 0 Å². The zero-order chi connectivity index (χ0) is 13.3. The van der Waals surface area contributed by atoms with E-state index in [0.717, 1.165) is 17.0 Å². The second-order valence-corrected chi connectivity index (χ2v) is 4.04. The van der Waals surface area contributed by atoms with E-state index in [1.54, 1.807) is 4.68 Å². The van der Waals surface area contributed by atoms with Crippen LogP contribution in [-0.2, 0) is 18.4 Å². The van der Waals surface area contributed by atoms with Crippen LogP contribution in [0.25, 0.3) is 11.4 Å². The highest BCUT2D eigenvalue weighted by Gasteiger charge is 2.18. The summed E-state index contributed by atoms with van der Waals surface area (Å²) in [5, 5.41) is 24.4. The standard InChI is InChI=1S/C10H14N6O2/c1-6-9(7(2)15(3)12-6)10-11-13-14-16(10)5-4-8(17)18/h4-5H2,1-3H3,(H,17,18). The summed E-state index contributed by atoms with van der Waals surface area (Å²) < 4.78 is 3.24. The molecule has 0 radical (unpaired) electrons. The van der Waals surface area contributed by atoms with Crippen LogP contribution < -0.4 is 0 Å². The minimum atomic E-state index is -0.879. The summed E-state index contributed by atoms with van der Waals surface area (Å²) in [7, 11) is 1.84. The lowest BCUT2D eigenvalue weighted by Gasteiger charge is -2.03. The summed E-state index contributed by atoms with van der Waals surface area (Å²) in [5.41, 5.74) is 2.62. The maximum atomic E-state index is 10.6. The van der Waals surface area contributed by atoms with Gasteiger partial charge >= 0.3 is 5.97 Å². The van der Waals surface area contributed by atoms with Crippen LogP contribution in [0.1, 0.15) is 17.8 Å². The first-order valence-electron chi connectivity index (χ1n) is 5.49. The molecule has 96 valence electrons. The zero-order valence-electron chi connectivity index (χ0n) is 10.5. The molecule has 0 spiro atoms. The van der Waals surface area contributed by atoms with Crippen molar-refractivity contribution in [1.82, 2.24) is 30.0 Å². The van der Waals surface area contributed by atoms with Crippen LogP contribution in [0, 0.1) is 13.8 Å². The Kier molecular flexibility index (Phi) is 3.09. The molecule has 0 unspecified atom stereocenters. The maximum absolute atomic E-state index is 10.6. The highest BCUT2D eigenvalue weighted by molar-refractivity contribution is 5.67. The first-order chi connectivity index (χ1) is 8.50. The normalized spacial score (nSPS) is 10.8. The average molecular weight is 250 g/mol. The number of carbonyl (C=O) groups is 1. The second kappa shape index (κ2) is 4.55. The lowest BCUT2D eigenvalue weighted by molar-refractivity contribution is -0.137. The lowest BCUT2D eigenvalue weighted by Crippen LogP contribution is -2.08. The lowest BCUT2D eigenvalue weighted by atomic mass is 10.2. The van der Waals surface area contributed by atoms with E-state index in [9.17, 15) is 4.79 Å². The van der Waals surface area contributed by atoms with Crippen molar-refractivity contribution in [3.8, 4) is 11.4 Å². The Hall–Kier alpha value is -2.25. The van der Waals surface area contributed by atoms with Crippen LogP contribution in [0.2, 0.25) is 0 Å². The summed E-state index contributed by atoms with van der Waals surface area (Å²) in [6, 6.07) is 0. The number of nitrogens with zero attached hydrogens (tertiary/aromatic N) is 6. The predicted molar refractivity (Wildman–Crippen MR) is 61.7 cm³/mol. The molecule has 0 bridgehead atoms. The SMILES string of the molecule is Cc1nn(C)c(C)c1-c1nnnn1CCC(=O)O. The van der Waals surface area contributed by atoms with Crippen molar-refractivity contribution in [2.75, 3.05) is 0 Å². The largest absolute Gasteiger partial charge is 0.481 e. The number of aliphatic carboxylic acids is 1. The summed E-state index contributed by atoms with van der Waals surface area (Å²) in [6.45, 7) is 4.04. The molecule has 0 aromatic carbocycles. The molecular formula is C10H14N6O2. The topological polar surface area (TPSA) is 98.7 Å². The highest BCUT2D eigenvalue weighted by Crippen LogP contribution is 2.23. The van der Waals surface area contributed by atoms with Gasteiger partial charge in [0.1, 0.15) is 0 Å². The third-order valence-corrected chi connectivity index (χ3v) is 2.80. The number of tetrazole rings is 1. The van der Waals surface area contributed by atoms with E-state index < -0.39 is 5.97 Å². The summed E-state index contributed by atoms with van der Waals surface area (Å²) in [6.07, 6.45) is -0.0175. The Bertz CT molecular complexity index is 585. The van der Waals surface area contributed by atoms with E-state index in [-0.39, 0.29) is 13.0 Å². The zero-order valence-corrected chi connectivity index (χ0v) is 10.5. The van der Waals surface area contributed by atoms with E-state index in [1.807, 2.05) is 20.9 Å². The third-order valence-electron chi connectivity index (χ3n) is 2.80. The molecule has 0 atom stereocenters. The molecule has 0 aliphatic heterocycles. The Labute approximate surface area is 103 Å². The van der Waals surface area contributed by atoms with Gasteiger partial charge in [-0.05, 0) is 24.3 Å². The third kappa shape index (κ3) is 2.08. The van der Waals surface area contributed by atoms with Crippen LogP contribution in [0.4, 0.5) is 0 Å². The molecule has 2 aromatic rings. The van der Waals surface area contributed by atoms with Crippen molar-refractivity contribution in [1.29, 1.82) is 0 Å². The smallest absolute Gasteiger partial charge is 0.305 e. The number of rotatable bonds is 4. The molecule has 1 N–H and O–H groups in total. The number of hydrogen-bond acceptors (Lipinski definition) is 5. The van der Waals surface area contributed by atoms with Gasteiger partial charge < -0.3 is 5.11 Å². The predicted octanol–water partition coefficient (Wildman–Crippen LogP) is 0.165. The quantitative estimate of drug-likeness (QED) is 0.830. The van der Waals surface area contributed by atoms with E-state index in [0.29, 0.717) is 5.82 Å². The molecule has 0 fully saturated rings. The minimum absolute atomic E-state index is 0.0175. The van der Waals surface area contributed by atoms with Gasteiger partial charge in [0.2, 0.25) is 0 Å². The van der Waals surface area contributed by atoms with Crippen LogP contribution in [-0.4, -0.2) is 41.1 Å². The van der Waals surface area contributed by atoms with Gasteiger partial charge in [-0.1, -0.05) is 0 Å². The van der Waals surface area contributed by atoms with E-state index in [1.165, 1.54) is 4.68 Å². The van der Waals surface area contributed by atoms with Gasteiger partial charge in [-0.2, -0.15) is 5.10 Å². The van der Waals surface area contributed by atoms with Crippen LogP contribution in [0.15, 0.2) is 0 Å². The first-order valence-corrected chi connectivity index (χ1v) is 5.49. The number of hydrogen-bond donors (Lipinski definition) is 1. The molecule has 0 amide bonds. The van der Waals surface area contributed by atoms with E-state index >= 15 is 0 Å². The summed E-state index contributed by atoms with van der Waals surface area (Å²) >= 11 is 0. The fourth-order valence-corrected chi connectivity index (χ4v) is 1.83. The molecule has 8 heteroatoms. The molecule has 2 aromatic heterocycles. The van der Waals surface area contributed by atoms with E-state index in [2.05, 4.69) is 20.6 Å². The van der Waals surface area contributed by atoms with Crippen molar-refractivity contribution >= 4 is 5.97 Å². The van der Waals surface area contributed by atoms with Crippen molar-refractivity contribution < 1.29 is 9.90 Å². The molecule has 18 heavy (non-hydrogen) atoms. The van der Waals surface area contributed by atoms with Crippen molar-refractivity contribution in [3.05, 3.63) is 11.4 Å². The van der Waals surface area contributed by atoms with Crippen molar-refractivity contribution in [3.63, 3.8) is 0 Å². The molecule has 2 heterocycles. The Morgan fingerprint density at radius 3 is 2.67 bits per heavy atom. The summed E-state index contributed by atoms with van der Waals surface area (Å²) in [4.78, 5) is 10.6. The number of carboxylic acid groups (broad SMARTS) is 1. The van der Waals surface area contributed by atoms with Gasteiger partial charge in [-0.25, -0.2) is 4.68 Å². The summed E-state index contributed by atoms with van der Waals surface area (Å²) in [5.74, 6) is -0.324. The number of aryl methyl sites for hydroxylation is 3. The fraction of sp³-hybridized carbons (Fsp3) is 0.500. The van der Waals surface area contributed by atoms with Gasteiger partial charge in [0, 0.05) is 12.7 Å². The van der Waals surface area contributed by atoms with Crippen LogP contribution in [0.3, 0.4) is 0 Å². The Balaban J connectivity index is 2.39. The Morgan fingerprint density at radius 2 is 2.11 bits per heavy atom. The molecule has 2 rings (SSSR count). The van der Waals surface area contributed by atoms with Crippen LogP contribution >= 0.6 is 0 Å². The molecule has 0 saturated carbocycles. The molecule has 0 saturated heterocycles. The highest BCUT2D eigenvalue weighted by atomic mass is 16.4. The van der Waals surface area contributed by atoms with Gasteiger partial charge in [0.05, 0.1) is 24.2 Å². The van der Waals surface area contributed by atoms with Crippen molar-refractivity contribution in [2.45, 2.75) is 26.8 Å². The Morgan fingerprint density at radius 1 is 1.39 bits per heavy atom. The monoisotopic (exact) mass is 250 g/mol. The van der Waals surface area contributed by atoms with Gasteiger partial charge in [0.15, 0.2) is 5.82 Å². The maximum Gasteiger partial charge on any atom is 0.305 e. The molecule has 0 aliphatic carbocycles. The van der Waals surface area contributed by atoms with Crippen LogP contribution in [0.5, 0.6) is 0 Å². The minimum Gasteiger partial charge on any atom is -0.481 e. The molecule has 0 aliphatic rings. The van der Waals surface area contributed by atoms with Gasteiger partial charge in [-0.15, -0.1) is 5.10 Å². The average Bonchev–Trinajstić information content (AvgIpc) is 2.82. The van der Waals surface area contributed by atoms with E-state index in [4.69, 9.17) is 5.11 Å². The molecule has 8 nitrogen and oxygen atoms in total. The second-order valence-electron chi connectivity index (χ2n) is 4.04. The fourth-order valence-electron chi connectivity index (χ4n) is 1.83. The van der Waals surface area contributed by atoms with Gasteiger partial charge in [-0.3, -0.25) is 9.48 Å². The number of aromatic nitrogens is 6. The molecular weight excluding hydrogens is 236 g/mol. The first kappa shape index (κ1) is 12.2. The van der Waals surface area contributed by atoms with Crippen molar-refractivity contribution in [2.24, 2.45) is 7.05 Å².